The van der Waals surface area contributed by atoms with Crippen molar-refractivity contribution in [1.82, 2.24) is 5.32 Å². The van der Waals surface area contributed by atoms with Gasteiger partial charge in [-0.1, -0.05) is 20.8 Å². The Bertz CT molecular complexity index is 91.6. The van der Waals surface area contributed by atoms with Gasteiger partial charge < -0.3 is 0 Å². The molecule has 1 N–H and O–H groups in total. The maximum atomic E-state index is 13.2. The fraction of sp³-hybridized carbons (Fsp3) is 1.00. The SMILES string of the molecule is CNC(C)(F)C(C)(C)C. The topological polar surface area (TPSA) is 12.0 Å². The molecule has 0 amide bonds. The molecule has 0 spiro atoms. The van der Waals surface area contributed by atoms with E-state index in [1.54, 1.807) is 14.0 Å². The van der Waals surface area contributed by atoms with Crippen LogP contribution < -0.4 is 5.32 Å². The molecule has 0 radical (unpaired) electrons. The first-order valence-electron chi connectivity index (χ1n) is 3.19. The van der Waals surface area contributed by atoms with Crippen molar-refractivity contribution < 1.29 is 4.39 Å². The Hall–Kier alpha value is -0.110. The molecule has 0 saturated carbocycles. The van der Waals surface area contributed by atoms with Crippen molar-refractivity contribution in [2.75, 3.05) is 7.05 Å². The van der Waals surface area contributed by atoms with Crippen LogP contribution in [0, 0.1) is 5.41 Å². The minimum Gasteiger partial charge on any atom is -0.288 e. The van der Waals surface area contributed by atoms with Crippen LogP contribution in [0.15, 0.2) is 0 Å². The Balaban J connectivity index is 4.14. The summed E-state index contributed by atoms with van der Waals surface area (Å²) in [6.45, 7) is 7.14. The van der Waals surface area contributed by atoms with Crippen LogP contribution in [-0.2, 0) is 0 Å². The second-order valence-electron chi connectivity index (χ2n) is 3.50. The standard InChI is InChI=1S/C7H16FN/c1-6(2,3)7(4,8)9-5/h9H,1-5H3. The van der Waals surface area contributed by atoms with Crippen molar-refractivity contribution in [3.05, 3.63) is 0 Å². The van der Waals surface area contributed by atoms with Crippen LogP contribution in [0.25, 0.3) is 0 Å². The lowest BCUT2D eigenvalue weighted by Gasteiger charge is -2.33. The fourth-order valence-electron chi connectivity index (χ4n) is 0.375. The van der Waals surface area contributed by atoms with E-state index in [2.05, 4.69) is 5.32 Å². The maximum absolute atomic E-state index is 13.2. The van der Waals surface area contributed by atoms with Crippen LogP contribution in [0.4, 0.5) is 4.39 Å². The minimum absolute atomic E-state index is 0.332. The molecule has 1 atom stereocenters. The Morgan fingerprint density at radius 2 is 1.44 bits per heavy atom. The van der Waals surface area contributed by atoms with E-state index in [-0.39, 0.29) is 5.41 Å². The van der Waals surface area contributed by atoms with Crippen LogP contribution in [0.5, 0.6) is 0 Å². The number of hydrogen-bond acceptors (Lipinski definition) is 1. The lowest BCUT2D eigenvalue weighted by Crippen LogP contribution is -2.46. The summed E-state index contributed by atoms with van der Waals surface area (Å²) in [6.07, 6.45) is 0. The third kappa shape index (κ3) is 1.94. The van der Waals surface area contributed by atoms with E-state index in [9.17, 15) is 4.39 Å². The summed E-state index contributed by atoms with van der Waals surface area (Å²) in [6, 6.07) is 0. The smallest absolute Gasteiger partial charge is 0.163 e. The van der Waals surface area contributed by atoms with Crippen molar-refractivity contribution in [1.29, 1.82) is 0 Å². The largest absolute Gasteiger partial charge is 0.288 e. The molecule has 0 fully saturated rings. The van der Waals surface area contributed by atoms with Crippen LogP contribution in [0.1, 0.15) is 27.7 Å². The molecule has 56 valence electrons. The molecule has 2 heteroatoms. The van der Waals surface area contributed by atoms with Crippen LogP contribution >= 0.6 is 0 Å². The molecule has 0 aromatic carbocycles. The third-order valence-electron chi connectivity index (χ3n) is 1.88. The van der Waals surface area contributed by atoms with Crippen molar-refractivity contribution in [3.63, 3.8) is 0 Å². The Morgan fingerprint density at radius 3 is 1.44 bits per heavy atom. The van der Waals surface area contributed by atoms with Crippen LogP contribution in [0.2, 0.25) is 0 Å². The molecule has 0 heterocycles. The molecular formula is C7H16FN. The highest BCUT2D eigenvalue weighted by molar-refractivity contribution is 4.82. The number of halogens is 1. The zero-order valence-corrected chi connectivity index (χ0v) is 6.88. The van der Waals surface area contributed by atoms with E-state index in [0.29, 0.717) is 0 Å². The Labute approximate surface area is 56.6 Å². The zero-order valence-electron chi connectivity index (χ0n) is 6.88. The van der Waals surface area contributed by atoms with Crippen LogP contribution in [0.3, 0.4) is 0 Å². The Kier molecular flexibility index (Phi) is 2.23. The van der Waals surface area contributed by atoms with Gasteiger partial charge in [-0.15, -0.1) is 0 Å². The summed E-state index contributed by atoms with van der Waals surface area (Å²) in [5.74, 6) is -1.27. The maximum Gasteiger partial charge on any atom is 0.163 e. The first-order chi connectivity index (χ1) is 3.81. The predicted molar refractivity (Wildman–Crippen MR) is 38.0 cm³/mol. The molecule has 0 saturated heterocycles. The van der Waals surface area contributed by atoms with Gasteiger partial charge in [-0.3, -0.25) is 5.32 Å². The van der Waals surface area contributed by atoms with E-state index in [4.69, 9.17) is 0 Å². The van der Waals surface area contributed by atoms with Gasteiger partial charge in [0, 0.05) is 5.41 Å². The zero-order chi connectivity index (χ0) is 7.71. The highest BCUT2D eigenvalue weighted by Crippen LogP contribution is 2.30. The molecule has 0 aliphatic rings. The van der Waals surface area contributed by atoms with Crippen molar-refractivity contribution in [2.24, 2.45) is 5.41 Å². The lowest BCUT2D eigenvalue weighted by atomic mass is 9.86. The van der Waals surface area contributed by atoms with Crippen LogP contribution in [-0.4, -0.2) is 12.8 Å². The number of nitrogens with one attached hydrogen (secondary N) is 1. The first kappa shape index (κ1) is 8.89. The molecule has 9 heavy (non-hydrogen) atoms. The van der Waals surface area contributed by atoms with Gasteiger partial charge in [0.05, 0.1) is 0 Å². The average Bonchev–Trinajstić information content (AvgIpc) is 1.64. The van der Waals surface area contributed by atoms with Gasteiger partial charge in [0.2, 0.25) is 0 Å². The molecule has 0 rings (SSSR count). The minimum atomic E-state index is -1.27. The molecule has 0 aromatic heterocycles. The van der Waals surface area contributed by atoms with Crippen molar-refractivity contribution in [3.8, 4) is 0 Å². The molecule has 1 unspecified atom stereocenters. The first-order valence-corrected chi connectivity index (χ1v) is 3.19. The molecule has 0 aliphatic heterocycles. The normalized spacial score (nSPS) is 19.3. The summed E-state index contributed by atoms with van der Waals surface area (Å²) < 4.78 is 13.2. The summed E-state index contributed by atoms with van der Waals surface area (Å²) in [5, 5.41) is 2.61. The fourth-order valence-corrected chi connectivity index (χ4v) is 0.375. The molecule has 0 aliphatic carbocycles. The van der Waals surface area contributed by atoms with Gasteiger partial charge in [-0.25, -0.2) is 4.39 Å². The second kappa shape index (κ2) is 2.25. The van der Waals surface area contributed by atoms with Crippen molar-refractivity contribution >= 4 is 0 Å². The highest BCUT2D eigenvalue weighted by atomic mass is 19.1. The third-order valence-corrected chi connectivity index (χ3v) is 1.88. The predicted octanol–water partition coefficient (Wildman–Crippen LogP) is 1.94. The second-order valence-corrected chi connectivity index (χ2v) is 3.50. The number of hydrogen-bond donors (Lipinski definition) is 1. The van der Waals surface area contributed by atoms with Crippen molar-refractivity contribution in [2.45, 2.75) is 33.5 Å². The summed E-state index contributed by atoms with van der Waals surface area (Å²) >= 11 is 0. The summed E-state index contributed by atoms with van der Waals surface area (Å²) in [7, 11) is 1.63. The van der Waals surface area contributed by atoms with Gasteiger partial charge in [-0.2, -0.15) is 0 Å². The Morgan fingerprint density at radius 1 is 1.11 bits per heavy atom. The molecule has 0 bridgehead atoms. The number of rotatable bonds is 1. The van der Waals surface area contributed by atoms with Gasteiger partial charge in [-0.05, 0) is 14.0 Å². The summed E-state index contributed by atoms with van der Waals surface area (Å²) in [5.41, 5.74) is -0.332. The quantitative estimate of drug-likeness (QED) is 0.539. The van der Waals surface area contributed by atoms with Gasteiger partial charge in [0.15, 0.2) is 5.79 Å². The molecule has 0 aromatic rings. The molecular weight excluding hydrogens is 117 g/mol. The van der Waals surface area contributed by atoms with Gasteiger partial charge in [0.1, 0.15) is 0 Å². The average molecular weight is 133 g/mol. The summed E-state index contributed by atoms with van der Waals surface area (Å²) in [4.78, 5) is 0. The lowest BCUT2D eigenvalue weighted by molar-refractivity contribution is 0.0211. The molecule has 1 nitrogen and oxygen atoms in total. The monoisotopic (exact) mass is 133 g/mol. The van der Waals surface area contributed by atoms with Gasteiger partial charge >= 0.3 is 0 Å². The van der Waals surface area contributed by atoms with Gasteiger partial charge in [0.25, 0.3) is 0 Å². The number of alkyl halides is 1. The van der Waals surface area contributed by atoms with E-state index in [1.165, 1.54) is 0 Å². The van der Waals surface area contributed by atoms with E-state index in [1.807, 2.05) is 20.8 Å². The van der Waals surface area contributed by atoms with E-state index < -0.39 is 5.79 Å². The highest BCUT2D eigenvalue weighted by Gasteiger charge is 2.35. The van der Waals surface area contributed by atoms with E-state index >= 15 is 0 Å². The van der Waals surface area contributed by atoms with E-state index in [0.717, 1.165) is 0 Å².